The Kier molecular flexibility index (Phi) is 5.77. The van der Waals surface area contributed by atoms with Crippen molar-refractivity contribution in [3.63, 3.8) is 0 Å². The van der Waals surface area contributed by atoms with E-state index in [0.717, 1.165) is 31.9 Å². The van der Waals surface area contributed by atoms with E-state index in [1.54, 1.807) is 12.1 Å². The monoisotopic (exact) mass is 389 g/mol. The second-order valence-corrected chi connectivity index (χ2v) is 7.13. The zero-order chi connectivity index (χ0) is 19.6. The van der Waals surface area contributed by atoms with E-state index < -0.39 is 6.04 Å². The third-order valence-corrected chi connectivity index (χ3v) is 5.29. The van der Waals surface area contributed by atoms with Crippen LogP contribution in [0.25, 0.3) is 0 Å². The highest BCUT2D eigenvalue weighted by Crippen LogP contribution is 2.33. The van der Waals surface area contributed by atoms with Crippen molar-refractivity contribution in [3.8, 4) is 0 Å². The lowest BCUT2D eigenvalue weighted by atomic mass is 10.1. The molecule has 0 aliphatic carbocycles. The number of nitrogens with two attached hydrogens (primary N) is 2. The second kappa shape index (κ2) is 8.06. The van der Waals surface area contributed by atoms with Crippen molar-refractivity contribution < 1.29 is 4.39 Å². The first kappa shape index (κ1) is 19.3. The number of nitrogen functional groups attached to an aromatic ring is 1. The summed E-state index contributed by atoms with van der Waals surface area (Å²) < 4.78 is 14.3. The number of hydrogen-bond donors (Lipinski definition) is 2. The van der Waals surface area contributed by atoms with E-state index >= 15 is 0 Å². The van der Waals surface area contributed by atoms with Crippen molar-refractivity contribution >= 4 is 28.7 Å². The molecule has 144 valence electrons. The molecule has 0 amide bonds. The van der Waals surface area contributed by atoms with E-state index in [2.05, 4.69) is 16.4 Å². The van der Waals surface area contributed by atoms with Crippen molar-refractivity contribution in [1.29, 1.82) is 0 Å². The molecule has 2 aromatic carbocycles. The van der Waals surface area contributed by atoms with Gasteiger partial charge in [0.25, 0.3) is 0 Å². The minimum absolute atomic E-state index is 0.354. The molecule has 4 N–H and O–H groups in total. The zero-order valence-electron chi connectivity index (χ0n) is 15.4. The molecule has 1 atom stereocenters. The Morgan fingerprint density at radius 1 is 1.19 bits per heavy atom. The van der Waals surface area contributed by atoms with Gasteiger partial charge < -0.3 is 20.5 Å². The molecule has 5 nitrogen and oxygen atoms in total. The normalized spacial score (nSPS) is 15.6. The molecule has 2 aromatic rings. The minimum Gasteiger partial charge on any atom is -0.397 e. The summed E-state index contributed by atoms with van der Waals surface area (Å²) in [6.07, 6.45) is 1.87. The molecule has 0 aromatic heterocycles. The van der Waals surface area contributed by atoms with Crippen LogP contribution in [0.2, 0.25) is 5.02 Å². The Hall–Kier alpha value is -2.44. The summed E-state index contributed by atoms with van der Waals surface area (Å²) in [5.41, 5.74) is 8.89. The summed E-state index contributed by atoms with van der Waals surface area (Å²) in [6, 6.07) is 9.99. The lowest BCUT2D eigenvalue weighted by Gasteiger charge is -2.36. The maximum atomic E-state index is 14.3. The maximum absolute atomic E-state index is 14.3. The SMILES string of the molecule is C=CN1CCN(c2ccc(N)c(N(N)[C@H](C)c3ccc(Cl)cc3F)c2)CC1. The van der Waals surface area contributed by atoms with Gasteiger partial charge in [0.15, 0.2) is 0 Å². The fourth-order valence-electron chi connectivity index (χ4n) is 3.31. The Labute approximate surface area is 164 Å². The number of halogens is 2. The van der Waals surface area contributed by atoms with E-state index in [4.69, 9.17) is 23.2 Å². The van der Waals surface area contributed by atoms with Gasteiger partial charge in [-0.15, -0.1) is 0 Å². The van der Waals surface area contributed by atoms with Crippen LogP contribution in [0.3, 0.4) is 0 Å². The van der Waals surface area contributed by atoms with E-state index in [-0.39, 0.29) is 5.82 Å². The van der Waals surface area contributed by atoms with E-state index in [1.807, 2.05) is 31.3 Å². The third-order valence-electron chi connectivity index (χ3n) is 5.06. The lowest BCUT2D eigenvalue weighted by Crippen LogP contribution is -2.44. The van der Waals surface area contributed by atoms with Crippen LogP contribution in [0.1, 0.15) is 18.5 Å². The zero-order valence-corrected chi connectivity index (χ0v) is 16.2. The maximum Gasteiger partial charge on any atom is 0.130 e. The van der Waals surface area contributed by atoms with Gasteiger partial charge >= 0.3 is 0 Å². The molecule has 1 fully saturated rings. The molecule has 0 radical (unpaired) electrons. The van der Waals surface area contributed by atoms with Gasteiger partial charge in [-0.1, -0.05) is 24.2 Å². The summed E-state index contributed by atoms with van der Waals surface area (Å²) in [7, 11) is 0. The van der Waals surface area contributed by atoms with Gasteiger partial charge in [-0.3, -0.25) is 0 Å². The average molecular weight is 390 g/mol. The summed E-state index contributed by atoms with van der Waals surface area (Å²) in [6.45, 7) is 9.27. The molecule has 7 heteroatoms. The van der Waals surface area contributed by atoms with Crippen LogP contribution in [0.5, 0.6) is 0 Å². The topological polar surface area (TPSA) is 61.8 Å². The first-order valence-electron chi connectivity index (χ1n) is 8.90. The summed E-state index contributed by atoms with van der Waals surface area (Å²) >= 11 is 5.85. The van der Waals surface area contributed by atoms with Crippen molar-refractivity contribution in [2.75, 3.05) is 41.8 Å². The van der Waals surface area contributed by atoms with E-state index in [1.165, 1.54) is 11.1 Å². The van der Waals surface area contributed by atoms with Crippen LogP contribution in [-0.2, 0) is 0 Å². The highest BCUT2D eigenvalue weighted by Gasteiger charge is 2.21. The number of rotatable bonds is 5. The van der Waals surface area contributed by atoms with Gasteiger partial charge in [-0.05, 0) is 43.5 Å². The van der Waals surface area contributed by atoms with E-state index in [0.29, 0.717) is 22.0 Å². The van der Waals surface area contributed by atoms with Crippen molar-refractivity contribution in [2.24, 2.45) is 5.84 Å². The summed E-state index contributed by atoms with van der Waals surface area (Å²) in [4.78, 5) is 4.47. The number of benzene rings is 2. The first-order valence-corrected chi connectivity index (χ1v) is 9.28. The van der Waals surface area contributed by atoms with Gasteiger partial charge in [-0.25, -0.2) is 10.2 Å². The molecule has 0 unspecified atom stereocenters. The van der Waals surface area contributed by atoms with Gasteiger partial charge in [-0.2, -0.15) is 0 Å². The highest BCUT2D eigenvalue weighted by atomic mass is 35.5. The Morgan fingerprint density at radius 2 is 1.89 bits per heavy atom. The van der Waals surface area contributed by atoms with Crippen LogP contribution < -0.4 is 21.5 Å². The quantitative estimate of drug-likeness (QED) is 0.463. The minimum atomic E-state index is -0.405. The smallest absolute Gasteiger partial charge is 0.130 e. The van der Waals surface area contributed by atoms with Crippen molar-refractivity contribution in [1.82, 2.24) is 4.90 Å². The van der Waals surface area contributed by atoms with Crippen LogP contribution in [0.4, 0.5) is 21.5 Å². The Bertz CT molecular complexity index is 820. The predicted octanol–water partition coefficient (Wildman–Crippen LogP) is 3.77. The molecule has 0 bridgehead atoms. The van der Waals surface area contributed by atoms with Crippen LogP contribution >= 0.6 is 11.6 Å². The number of hydrazine groups is 1. The molecule has 0 saturated carbocycles. The average Bonchev–Trinajstić information content (AvgIpc) is 2.67. The van der Waals surface area contributed by atoms with Crippen LogP contribution in [0.15, 0.2) is 49.2 Å². The first-order chi connectivity index (χ1) is 12.9. The molecule has 1 aliphatic heterocycles. The number of nitrogens with zero attached hydrogens (tertiary/aromatic N) is 3. The van der Waals surface area contributed by atoms with Crippen molar-refractivity contribution in [2.45, 2.75) is 13.0 Å². The number of piperazine rings is 1. The second-order valence-electron chi connectivity index (χ2n) is 6.70. The number of anilines is 3. The van der Waals surface area contributed by atoms with Gasteiger partial charge in [0.05, 0.1) is 17.4 Å². The molecule has 3 rings (SSSR count). The lowest BCUT2D eigenvalue weighted by molar-refractivity contribution is 0.350. The molecule has 27 heavy (non-hydrogen) atoms. The summed E-state index contributed by atoms with van der Waals surface area (Å²) in [5.74, 6) is 5.95. The third kappa shape index (κ3) is 4.12. The van der Waals surface area contributed by atoms with Crippen molar-refractivity contribution in [3.05, 3.63) is 65.6 Å². The summed E-state index contributed by atoms with van der Waals surface area (Å²) in [5, 5.41) is 1.86. The Morgan fingerprint density at radius 3 is 2.52 bits per heavy atom. The highest BCUT2D eigenvalue weighted by molar-refractivity contribution is 6.30. The standard InChI is InChI=1S/C20H25ClFN5/c1-3-25-8-10-26(11-9-25)16-5-7-19(23)20(13-16)27(24)14(2)17-6-4-15(21)12-18(17)22/h3-7,12-14H,1,8-11,23-24H2,2H3/t14-/m1/s1. The fraction of sp³-hybridized carbons (Fsp3) is 0.300. The Balaban J connectivity index is 1.84. The molecule has 1 saturated heterocycles. The molecular weight excluding hydrogens is 365 g/mol. The fourth-order valence-corrected chi connectivity index (χ4v) is 3.47. The van der Waals surface area contributed by atoms with Crippen LogP contribution in [-0.4, -0.2) is 31.1 Å². The molecular formula is C20H25ClFN5. The van der Waals surface area contributed by atoms with Crippen LogP contribution in [0, 0.1) is 5.82 Å². The van der Waals surface area contributed by atoms with Gasteiger partial charge in [0.2, 0.25) is 0 Å². The number of hydrogen-bond acceptors (Lipinski definition) is 5. The predicted molar refractivity (Wildman–Crippen MR) is 111 cm³/mol. The van der Waals surface area contributed by atoms with E-state index in [9.17, 15) is 4.39 Å². The molecule has 1 heterocycles. The van der Waals surface area contributed by atoms with Gasteiger partial charge in [0, 0.05) is 42.5 Å². The largest absolute Gasteiger partial charge is 0.397 e. The molecule has 1 aliphatic rings. The van der Waals surface area contributed by atoms with Gasteiger partial charge in [0.1, 0.15) is 5.82 Å². The molecule has 0 spiro atoms.